The Morgan fingerprint density at radius 2 is 2.00 bits per heavy atom. The number of amides is 1. The number of carbonyl (C=O) groups is 1. The average Bonchev–Trinajstić information content (AvgIpc) is 2.59. The van der Waals surface area contributed by atoms with Crippen molar-refractivity contribution in [2.24, 2.45) is 0 Å². The number of nitrogens with one attached hydrogen (secondary N) is 1. The maximum absolute atomic E-state index is 11.7. The van der Waals surface area contributed by atoms with Crippen LogP contribution in [-0.2, 0) is 0 Å². The van der Waals surface area contributed by atoms with Crippen molar-refractivity contribution < 1.29 is 13.9 Å². The molecule has 1 aromatic carbocycles. The van der Waals surface area contributed by atoms with Crippen molar-refractivity contribution in [1.82, 2.24) is 5.32 Å². The Hall–Kier alpha value is -1.04. The first-order valence-electron chi connectivity index (χ1n) is 5.16. The number of hydrogen-bond acceptors (Lipinski definition) is 3. The van der Waals surface area contributed by atoms with Crippen LogP contribution in [0.2, 0.25) is 0 Å². The lowest BCUT2D eigenvalue weighted by molar-refractivity contribution is 0.0941. The molecule has 0 radical (unpaired) electrons. The first-order chi connectivity index (χ1) is 7.57. The molecule has 1 unspecified atom stereocenters. The molecule has 4 nitrogen and oxygen atoms in total. The van der Waals surface area contributed by atoms with E-state index in [2.05, 4.69) is 5.32 Å². The summed E-state index contributed by atoms with van der Waals surface area (Å²) in [5, 5.41) is 2.81. The van der Waals surface area contributed by atoms with Crippen molar-refractivity contribution in [1.29, 1.82) is 0 Å². The summed E-state index contributed by atoms with van der Waals surface area (Å²) in [6, 6.07) is 8.82. The van der Waals surface area contributed by atoms with E-state index in [1.54, 1.807) is 24.3 Å². The second-order valence-electron chi connectivity index (χ2n) is 4.00. The van der Waals surface area contributed by atoms with Gasteiger partial charge >= 0.3 is 0 Å². The fourth-order valence-corrected chi connectivity index (χ4v) is 3.52. The molecule has 3 N–H and O–H groups in total. The highest BCUT2D eigenvalue weighted by atomic mass is 32.3. The van der Waals surface area contributed by atoms with Crippen LogP contribution in [0.15, 0.2) is 30.3 Å². The summed E-state index contributed by atoms with van der Waals surface area (Å²) in [4.78, 5) is 11.7. The number of hydrogen-bond donors (Lipinski definition) is 3. The Morgan fingerprint density at radius 3 is 2.56 bits per heavy atom. The van der Waals surface area contributed by atoms with E-state index < -0.39 is 10.6 Å². The van der Waals surface area contributed by atoms with E-state index in [4.69, 9.17) is 0 Å². The van der Waals surface area contributed by atoms with Gasteiger partial charge in [-0.2, -0.15) is 10.6 Å². The molecule has 1 fully saturated rings. The lowest BCUT2D eigenvalue weighted by Crippen LogP contribution is -2.35. The summed E-state index contributed by atoms with van der Waals surface area (Å²) >= 11 is 0. The largest absolute Gasteiger partial charge is 0.348 e. The molecule has 0 bridgehead atoms. The second kappa shape index (κ2) is 4.45. The van der Waals surface area contributed by atoms with E-state index >= 15 is 0 Å². The topological polar surface area (TPSA) is 69.6 Å². The van der Waals surface area contributed by atoms with Crippen molar-refractivity contribution in [3.63, 3.8) is 0 Å². The molecule has 1 aliphatic heterocycles. The minimum atomic E-state index is -2.44. The average molecular weight is 241 g/mol. The van der Waals surface area contributed by atoms with Crippen LogP contribution in [0, 0.1) is 0 Å². The summed E-state index contributed by atoms with van der Waals surface area (Å²) in [5.41, 5.74) is 0.603. The van der Waals surface area contributed by atoms with E-state index in [0.717, 1.165) is 0 Å². The first kappa shape index (κ1) is 11.4. The van der Waals surface area contributed by atoms with Gasteiger partial charge in [0, 0.05) is 17.4 Å². The van der Waals surface area contributed by atoms with Gasteiger partial charge < -0.3 is 5.32 Å². The molecule has 0 saturated carbocycles. The highest BCUT2D eigenvalue weighted by molar-refractivity contribution is 8.24. The van der Waals surface area contributed by atoms with Crippen molar-refractivity contribution in [2.75, 3.05) is 11.5 Å². The van der Waals surface area contributed by atoms with E-state index in [0.29, 0.717) is 17.7 Å². The highest BCUT2D eigenvalue weighted by Gasteiger charge is 2.29. The van der Waals surface area contributed by atoms with Gasteiger partial charge in [-0.25, -0.2) is 0 Å². The fraction of sp³-hybridized carbons (Fsp3) is 0.364. The van der Waals surface area contributed by atoms with Gasteiger partial charge in [0.1, 0.15) is 0 Å². The van der Waals surface area contributed by atoms with Gasteiger partial charge in [0.25, 0.3) is 5.91 Å². The molecule has 2 rings (SSSR count). The summed E-state index contributed by atoms with van der Waals surface area (Å²) in [5.74, 6) is 0.529. The molecule has 0 aromatic heterocycles. The maximum atomic E-state index is 11.7. The second-order valence-corrected chi connectivity index (χ2v) is 6.34. The van der Waals surface area contributed by atoms with Gasteiger partial charge in [-0.15, -0.1) is 0 Å². The molecule has 1 heterocycles. The Bertz CT molecular complexity index is 380. The summed E-state index contributed by atoms with van der Waals surface area (Å²) in [6.07, 6.45) is 0.640. The van der Waals surface area contributed by atoms with Crippen molar-refractivity contribution in [3.05, 3.63) is 35.9 Å². The Labute approximate surface area is 96.0 Å². The van der Waals surface area contributed by atoms with Crippen LogP contribution in [0.25, 0.3) is 0 Å². The molecule has 0 aliphatic carbocycles. The zero-order chi connectivity index (χ0) is 11.6. The zero-order valence-electron chi connectivity index (χ0n) is 8.80. The molecule has 1 aromatic rings. The monoisotopic (exact) mass is 241 g/mol. The number of rotatable bonds is 2. The minimum absolute atomic E-state index is 0.113. The third-order valence-corrected chi connectivity index (χ3v) is 4.46. The lowest BCUT2D eigenvalue weighted by Gasteiger charge is -2.26. The van der Waals surface area contributed by atoms with E-state index in [-0.39, 0.29) is 17.7 Å². The van der Waals surface area contributed by atoms with Gasteiger partial charge in [-0.05, 0) is 18.6 Å². The smallest absolute Gasteiger partial charge is 0.251 e. The lowest BCUT2D eigenvalue weighted by atomic mass is 10.2. The standard InChI is InChI=1S/C11H15NO3S/c13-11(9-4-2-1-3-5-9)12-10-6-7-16(14,15)8-10/h1-5,10,14-15H,6-8H2,(H,12,13). The van der Waals surface area contributed by atoms with Crippen molar-refractivity contribution >= 4 is 16.5 Å². The van der Waals surface area contributed by atoms with Crippen LogP contribution in [0.4, 0.5) is 0 Å². The van der Waals surface area contributed by atoms with Crippen molar-refractivity contribution in [2.45, 2.75) is 12.5 Å². The van der Waals surface area contributed by atoms with Crippen LogP contribution < -0.4 is 5.32 Å². The Balaban J connectivity index is 1.94. The van der Waals surface area contributed by atoms with Gasteiger partial charge in [0.2, 0.25) is 0 Å². The molecular weight excluding hydrogens is 226 g/mol. The highest BCUT2D eigenvalue weighted by Crippen LogP contribution is 2.45. The minimum Gasteiger partial charge on any atom is -0.348 e. The molecule has 88 valence electrons. The SMILES string of the molecule is O=C(NC1CCS(O)(O)C1)c1ccccc1. The summed E-state index contributed by atoms with van der Waals surface area (Å²) in [6.45, 7) is 0. The van der Waals surface area contributed by atoms with E-state index in [1.165, 1.54) is 0 Å². The normalized spacial score (nSPS) is 25.0. The van der Waals surface area contributed by atoms with Gasteiger partial charge in [0.05, 0.1) is 5.75 Å². The van der Waals surface area contributed by atoms with Crippen LogP contribution >= 0.6 is 10.6 Å². The molecule has 1 atom stereocenters. The van der Waals surface area contributed by atoms with E-state index in [9.17, 15) is 13.9 Å². The zero-order valence-corrected chi connectivity index (χ0v) is 9.61. The Morgan fingerprint density at radius 1 is 1.31 bits per heavy atom. The van der Waals surface area contributed by atoms with Gasteiger partial charge in [0.15, 0.2) is 0 Å². The van der Waals surface area contributed by atoms with Gasteiger partial charge in [-0.1, -0.05) is 18.2 Å². The molecule has 1 amide bonds. The van der Waals surface area contributed by atoms with Gasteiger partial charge in [-0.3, -0.25) is 13.9 Å². The fourth-order valence-electron chi connectivity index (χ4n) is 1.79. The first-order valence-corrected chi connectivity index (χ1v) is 7.05. The number of benzene rings is 1. The molecule has 0 spiro atoms. The van der Waals surface area contributed by atoms with E-state index in [1.807, 2.05) is 6.07 Å². The Kier molecular flexibility index (Phi) is 3.18. The predicted octanol–water partition coefficient (Wildman–Crippen LogP) is 1.94. The third-order valence-electron chi connectivity index (χ3n) is 2.63. The summed E-state index contributed by atoms with van der Waals surface area (Å²) < 4.78 is 18.9. The molecule has 5 heteroatoms. The maximum Gasteiger partial charge on any atom is 0.251 e. The molecular formula is C11H15NO3S. The molecule has 16 heavy (non-hydrogen) atoms. The van der Waals surface area contributed by atoms with Crippen molar-refractivity contribution in [3.8, 4) is 0 Å². The number of carbonyl (C=O) groups excluding carboxylic acids is 1. The summed E-state index contributed by atoms with van der Waals surface area (Å²) in [7, 11) is -2.44. The molecule has 1 saturated heterocycles. The van der Waals surface area contributed by atoms with Crippen LogP contribution in [0.3, 0.4) is 0 Å². The quantitative estimate of drug-likeness (QED) is 0.741. The predicted molar refractivity (Wildman–Crippen MR) is 64.9 cm³/mol. The molecule has 1 aliphatic rings. The van der Waals surface area contributed by atoms with Crippen LogP contribution in [0.5, 0.6) is 0 Å². The third kappa shape index (κ3) is 2.75. The van der Waals surface area contributed by atoms with Crippen LogP contribution in [0.1, 0.15) is 16.8 Å². The van der Waals surface area contributed by atoms with Crippen LogP contribution in [-0.4, -0.2) is 32.6 Å².